The predicted molar refractivity (Wildman–Crippen MR) is 124 cm³/mol. The maximum absolute atomic E-state index is 12.2. The molecule has 0 spiro atoms. The van der Waals surface area contributed by atoms with Crippen LogP contribution in [0.5, 0.6) is 0 Å². The smallest absolute Gasteiger partial charge is 0.306 e. The Bertz CT molecular complexity index is 528. The maximum Gasteiger partial charge on any atom is 0.306 e. The summed E-state index contributed by atoms with van der Waals surface area (Å²) in [6.07, 6.45) is 15.9. The molecule has 180 valence electrons. The van der Waals surface area contributed by atoms with Gasteiger partial charge in [0.1, 0.15) is 12.6 Å². The van der Waals surface area contributed by atoms with E-state index in [1.807, 2.05) is 21.1 Å². The molecule has 1 atom stereocenters. The van der Waals surface area contributed by atoms with Crippen molar-refractivity contribution in [1.82, 2.24) is 0 Å². The Hall–Kier alpha value is -0.660. The van der Waals surface area contributed by atoms with Gasteiger partial charge in [-0.2, -0.15) is 8.42 Å². The lowest BCUT2D eigenvalue weighted by atomic mass is 10.0. The number of carbonyl (C=O) groups is 1. The van der Waals surface area contributed by atoms with Crippen molar-refractivity contribution in [3.63, 3.8) is 0 Å². The summed E-state index contributed by atoms with van der Waals surface area (Å²) >= 11 is 0. The summed E-state index contributed by atoms with van der Waals surface area (Å²) in [5.41, 5.74) is 0. The van der Waals surface area contributed by atoms with Gasteiger partial charge in [0.05, 0.1) is 33.3 Å². The monoisotopic (exact) mass is 450 g/mol. The zero-order chi connectivity index (χ0) is 22.9. The van der Waals surface area contributed by atoms with Crippen molar-refractivity contribution in [2.24, 2.45) is 0 Å². The zero-order valence-corrected chi connectivity index (χ0v) is 20.9. The van der Waals surface area contributed by atoms with E-state index in [0.29, 0.717) is 17.4 Å². The van der Waals surface area contributed by atoms with Crippen molar-refractivity contribution in [3.05, 3.63) is 0 Å². The summed E-state index contributed by atoms with van der Waals surface area (Å²) in [6, 6.07) is 0. The summed E-state index contributed by atoms with van der Waals surface area (Å²) in [7, 11) is 1.97. The zero-order valence-electron chi connectivity index (χ0n) is 20.0. The molecule has 0 aromatic heterocycles. The molecule has 1 unspecified atom stereocenters. The predicted octanol–water partition coefficient (Wildman–Crippen LogP) is 5.36. The lowest BCUT2D eigenvalue weighted by Gasteiger charge is -2.28. The molecule has 0 amide bonds. The van der Waals surface area contributed by atoms with Gasteiger partial charge in [0, 0.05) is 0 Å². The second-order valence-electron chi connectivity index (χ2n) is 9.65. The number of likely N-dealkylation sites (N-methyl/N-ethyl adjacent to an activating group) is 1. The number of hydrogen-bond donors (Lipinski definition) is 1. The van der Waals surface area contributed by atoms with E-state index in [1.165, 1.54) is 64.2 Å². The van der Waals surface area contributed by atoms with Crippen molar-refractivity contribution >= 4 is 16.1 Å². The SMILES string of the molecule is CCCCCCCCCCCCCCCCS(=O)(=O)OC(CC(=O)O)C[N+](C)(C)C. The third-order valence-electron chi connectivity index (χ3n) is 5.18. The third kappa shape index (κ3) is 20.6. The fourth-order valence-electron chi connectivity index (χ4n) is 3.66. The van der Waals surface area contributed by atoms with Gasteiger partial charge in [0.25, 0.3) is 10.1 Å². The number of carboxylic acids is 1. The fourth-order valence-corrected chi connectivity index (χ4v) is 4.86. The molecule has 0 saturated heterocycles. The minimum Gasteiger partial charge on any atom is -0.481 e. The molecular weight excluding hydrogens is 402 g/mol. The number of nitrogens with zero attached hydrogens (tertiary/aromatic N) is 1. The van der Waals surface area contributed by atoms with Crippen LogP contribution in [0.4, 0.5) is 0 Å². The molecular formula is C23H48NO5S+. The lowest BCUT2D eigenvalue weighted by molar-refractivity contribution is -0.873. The minimum atomic E-state index is -3.69. The van der Waals surface area contributed by atoms with Crippen LogP contribution in [0.15, 0.2) is 0 Å². The minimum absolute atomic E-state index is 0.0295. The molecule has 1 N–H and O–H groups in total. The fraction of sp³-hybridized carbons (Fsp3) is 0.957. The van der Waals surface area contributed by atoms with Crippen LogP contribution in [0.1, 0.15) is 103 Å². The van der Waals surface area contributed by atoms with Gasteiger partial charge in [-0.05, 0) is 6.42 Å². The quantitative estimate of drug-likeness (QED) is 0.145. The van der Waals surface area contributed by atoms with Crippen molar-refractivity contribution in [3.8, 4) is 0 Å². The van der Waals surface area contributed by atoms with Gasteiger partial charge in [0.2, 0.25) is 0 Å². The molecule has 0 aliphatic heterocycles. The standard InChI is InChI=1S/C23H47NO5S/c1-5-6-7-8-9-10-11-12-13-14-15-16-17-18-19-30(27,28)29-22(20-23(25)26)21-24(2,3)4/h22H,5-21H2,1-4H3/p+1. The topological polar surface area (TPSA) is 80.7 Å². The van der Waals surface area contributed by atoms with Crippen molar-refractivity contribution in [2.75, 3.05) is 33.4 Å². The average molecular weight is 451 g/mol. The second-order valence-corrected chi connectivity index (χ2v) is 11.4. The molecule has 0 aromatic rings. The van der Waals surface area contributed by atoms with Gasteiger partial charge in [-0.3, -0.25) is 8.98 Å². The Balaban J connectivity index is 3.79. The molecule has 0 aliphatic rings. The average Bonchev–Trinajstić information content (AvgIpc) is 2.59. The van der Waals surface area contributed by atoms with Crippen LogP contribution in [0, 0.1) is 0 Å². The van der Waals surface area contributed by atoms with E-state index < -0.39 is 22.2 Å². The van der Waals surface area contributed by atoms with Gasteiger partial charge in [-0.15, -0.1) is 0 Å². The number of carboxylic acid groups (broad SMARTS) is 1. The molecule has 0 heterocycles. The third-order valence-corrected chi connectivity index (χ3v) is 6.54. The van der Waals surface area contributed by atoms with Crippen molar-refractivity contribution < 1.29 is 27.0 Å². The van der Waals surface area contributed by atoms with Crippen LogP contribution >= 0.6 is 0 Å². The first-order valence-corrected chi connectivity index (χ1v) is 13.6. The number of quaternary nitrogens is 1. The van der Waals surface area contributed by atoms with E-state index in [-0.39, 0.29) is 12.2 Å². The molecule has 0 fully saturated rings. The van der Waals surface area contributed by atoms with Crippen LogP contribution in [-0.4, -0.2) is 63.5 Å². The van der Waals surface area contributed by atoms with Gasteiger partial charge in [-0.25, -0.2) is 0 Å². The molecule has 30 heavy (non-hydrogen) atoms. The Morgan fingerprint density at radius 3 is 1.57 bits per heavy atom. The molecule has 0 radical (unpaired) electrons. The molecule has 0 rings (SSSR count). The summed E-state index contributed by atoms with van der Waals surface area (Å²) in [6.45, 7) is 2.59. The van der Waals surface area contributed by atoms with Gasteiger partial charge < -0.3 is 9.59 Å². The molecule has 0 saturated carbocycles. The van der Waals surface area contributed by atoms with Crippen LogP contribution in [0.25, 0.3) is 0 Å². The van der Waals surface area contributed by atoms with E-state index in [9.17, 15) is 13.2 Å². The Kier molecular flexibility index (Phi) is 16.6. The summed E-state index contributed by atoms with van der Waals surface area (Å²) in [5, 5.41) is 9.00. The Morgan fingerprint density at radius 1 is 0.800 bits per heavy atom. The second kappa shape index (κ2) is 17.0. The highest BCUT2D eigenvalue weighted by atomic mass is 32.2. The highest BCUT2D eigenvalue weighted by molar-refractivity contribution is 7.86. The lowest BCUT2D eigenvalue weighted by Crippen LogP contribution is -2.44. The van der Waals surface area contributed by atoms with E-state index in [1.54, 1.807) is 0 Å². The molecule has 7 heteroatoms. The largest absolute Gasteiger partial charge is 0.481 e. The number of rotatable bonds is 21. The first-order chi connectivity index (χ1) is 14.1. The Labute approximate surface area is 186 Å². The van der Waals surface area contributed by atoms with E-state index >= 15 is 0 Å². The number of unbranched alkanes of at least 4 members (excludes halogenated alkanes) is 13. The van der Waals surface area contributed by atoms with E-state index in [4.69, 9.17) is 9.29 Å². The highest BCUT2D eigenvalue weighted by Gasteiger charge is 2.27. The number of aliphatic carboxylic acids is 1. The molecule has 6 nitrogen and oxygen atoms in total. The van der Waals surface area contributed by atoms with Crippen molar-refractivity contribution in [2.45, 2.75) is 109 Å². The van der Waals surface area contributed by atoms with Crippen LogP contribution in [0.2, 0.25) is 0 Å². The molecule has 0 aromatic carbocycles. The van der Waals surface area contributed by atoms with Crippen molar-refractivity contribution in [1.29, 1.82) is 0 Å². The Morgan fingerprint density at radius 2 is 1.20 bits per heavy atom. The molecule has 0 bridgehead atoms. The van der Waals surface area contributed by atoms with Gasteiger partial charge >= 0.3 is 5.97 Å². The van der Waals surface area contributed by atoms with Crippen LogP contribution in [0.3, 0.4) is 0 Å². The summed E-state index contributed by atoms with van der Waals surface area (Å²) < 4.78 is 30.1. The first kappa shape index (κ1) is 29.3. The van der Waals surface area contributed by atoms with Crippen LogP contribution < -0.4 is 0 Å². The van der Waals surface area contributed by atoms with Crippen LogP contribution in [-0.2, 0) is 19.1 Å². The van der Waals surface area contributed by atoms with E-state index in [2.05, 4.69) is 6.92 Å². The summed E-state index contributed by atoms with van der Waals surface area (Å²) in [5.74, 6) is -1.07. The first-order valence-electron chi connectivity index (χ1n) is 12.0. The highest BCUT2D eigenvalue weighted by Crippen LogP contribution is 2.14. The van der Waals surface area contributed by atoms with E-state index in [0.717, 1.165) is 19.3 Å². The maximum atomic E-state index is 12.2. The normalized spacial score (nSPS) is 13.5. The van der Waals surface area contributed by atoms with Gasteiger partial charge in [0.15, 0.2) is 0 Å². The molecule has 0 aliphatic carbocycles. The summed E-state index contributed by atoms with van der Waals surface area (Å²) in [4.78, 5) is 11.0. The number of hydrogen-bond acceptors (Lipinski definition) is 4. The van der Waals surface area contributed by atoms with Gasteiger partial charge in [-0.1, -0.05) is 90.4 Å².